The van der Waals surface area contributed by atoms with E-state index in [9.17, 15) is 0 Å². The van der Waals surface area contributed by atoms with Crippen LogP contribution in [0.1, 0.15) is 0 Å². The van der Waals surface area contributed by atoms with E-state index < -0.39 is 11.4 Å². The number of rotatable bonds is 0. The van der Waals surface area contributed by atoms with Gasteiger partial charge >= 0.3 is 54.1 Å². The maximum atomic E-state index is 5.86. The van der Waals surface area contributed by atoms with Gasteiger partial charge in [-0.2, -0.15) is 0 Å². The first-order chi connectivity index (χ1) is 3.21. The number of halogens is 2. The molecule has 0 bridgehead atoms. The SMILES string of the molecule is [Cl][Ge]1([Cl])[CH2]C=C[CH2]1. The van der Waals surface area contributed by atoms with E-state index in [0.717, 1.165) is 10.5 Å². The normalized spacial score (nSPS) is 26.0. The molecular weight excluding hydrogens is 192 g/mol. The van der Waals surface area contributed by atoms with Gasteiger partial charge in [0.1, 0.15) is 0 Å². The van der Waals surface area contributed by atoms with Gasteiger partial charge < -0.3 is 0 Å². The molecule has 3 heteroatoms. The molecule has 1 rings (SSSR count). The third-order valence-corrected chi connectivity index (χ3v) is 7.70. The average Bonchev–Trinajstić information content (AvgIpc) is 1.84. The third-order valence-electron chi connectivity index (χ3n) is 1.000. The first kappa shape index (κ1) is 5.99. The van der Waals surface area contributed by atoms with E-state index in [1.165, 1.54) is 0 Å². The summed E-state index contributed by atoms with van der Waals surface area (Å²) in [4.78, 5) is 0. The molecular formula is C4H6Cl2Ge. The van der Waals surface area contributed by atoms with Crippen molar-refractivity contribution in [3.05, 3.63) is 12.2 Å². The molecule has 0 aromatic rings. The van der Waals surface area contributed by atoms with E-state index in [2.05, 4.69) is 12.2 Å². The van der Waals surface area contributed by atoms with Gasteiger partial charge in [0.2, 0.25) is 0 Å². The Bertz CT molecular complexity index is 87.9. The quantitative estimate of drug-likeness (QED) is 0.414. The molecule has 0 saturated heterocycles. The van der Waals surface area contributed by atoms with Gasteiger partial charge in [0.15, 0.2) is 0 Å². The van der Waals surface area contributed by atoms with Crippen LogP contribution in [0.25, 0.3) is 0 Å². The van der Waals surface area contributed by atoms with Crippen LogP contribution >= 0.6 is 20.0 Å². The Morgan fingerprint density at radius 2 is 1.57 bits per heavy atom. The molecule has 0 fully saturated rings. The van der Waals surface area contributed by atoms with Crippen molar-refractivity contribution in [1.82, 2.24) is 0 Å². The minimum absolute atomic E-state index is 0.989. The first-order valence-corrected chi connectivity index (χ1v) is 10.7. The second-order valence-corrected chi connectivity index (χ2v) is 15.6. The molecule has 1 aliphatic heterocycles. The molecule has 0 aromatic carbocycles. The van der Waals surface area contributed by atoms with Crippen molar-refractivity contribution < 1.29 is 0 Å². The Balaban J connectivity index is 2.49. The summed E-state index contributed by atoms with van der Waals surface area (Å²) in [7, 11) is 11.7. The summed E-state index contributed by atoms with van der Waals surface area (Å²) < 4.78 is 0. The summed E-state index contributed by atoms with van der Waals surface area (Å²) in [5.74, 6) is 0. The molecule has 0 atom stereocenters. The van der Waals surface area contributed by atoms with Gasteiger partial charge in [-0.25, -0.2) is 0 Å². The zero-order valence-corrected chi connectivity index (χ0v) is 7.43. The second kappa shape index (κ2) is 2.00. The molecule has 40 valence electrons. The monoisotopic (exact) mass is 198 g/mol. The molecule has 0 nitrogen and oxygen atoms in total. The van der Waals surface area contributed by atoms with Crippen LogP contribution < -0.4 is 0 Å². The second-order valence-electron chi connectivity index (χ2n) is 1.74. The molecule has 0 unspecified atom stereocenters. The van der Waals surface area contributed by atoms with Gasteiger partial charge in [-0.3, -0.25) is 0 Å². The van der Waals surface area contributed by atoms with Gasteiger partial charge in [-0.15, -0.1) is 0 Å². The van der Waals surface area contributed by atoms with Crippen molar-refractivity contribution in [2.45, 2.75) is 10.5 Å². The van der Waals surface area contributed by atoms with Crippen LogP contribution in [0.4, 0.5) is 0 Å². The molecule has 0 aliphatic carbocycles. The number of hydrogen-bond donors (Lipinski definition) is 0. The minimum atomic E-state index is -2.14. The molecule has 7 heavy (non-hydrogen) atoms. The van der Waals surface area contributed by atoms with E-state index in [-0.39, 0.29) is 0 Å². The van der Waals surface area contributed by atoms with Crippen molar-refractivity contribution in [3.63, 3.8) is 0 Å². The van der Waals surface area contributed by atoms with E-state index in [0.29, 0.717) is 0 Å². The molecule has 1 heterocycles. The van der Waals surface area contributed by atoms with Crippen LogP contribution in [0.2, 0.25) is 10.5 Å². The molecule has 1 aliphatic rings. The van der Waals surface area contributed by atoms with Crippen molar-refractivity contribution in [3.8, 4) is 0 Å². The number of hydrogen-bond acceptors (Lipinski definition) is 0. The Morgan fingerprint density at radius 3 is 1.71 bits per heavy atom. The Hall–Kier alpha value is 0.863. The molecule has 0 radical (unpaired) electrons. The molecule has 0 amide bonds. The van der Waals surface area contributed by atoms with Crippen LogP contribution in [0.15, 0.2) is 12.2 Å². The Labute approximate surface area is 54.2 Å². The van der Waals surface area contributed by atoms with Crippen molar-refractivity contribution >= 4 is 31.4 Å². The Kier molecular flexibility index (Phi) is 1.71. The van der Waals surface area contributed by atoms with Crippen molar-refractivity contribution in [2.75, 3.05) is 0 Å². The summed E-state index contributed by atoms with van der Waals surface area (Å²) in [5.41, 5.74) is 0. The van der Waals surface area contributed by atoms with Gasteiger partial charge in [0.25, 0.3) is 0 Å². The van der Waals surface area contributed by atoms with Crippen molar-refractivity contribution in [2.24, 2.45) is 0 Å². The topological polar surface area (TPSA) is 0 Å². The van der Waals surface area contributed by atoms with E-state index in [1.54, 1.807) is 0 Å². The van der Waals surface area contributed by atoms with Gasteiger partial charge in [-0.05, 0) is 0 Å². The number of allylic oxidation sites excluding steroid dienone is 2. The average molecular weight is 198 g/mol. The first-order valence-electron chi connectivity index (χ1n) is 2.23. The molecule has 0 aromatic heterocycles. The van der Waals surface area contributed by atoms with Crippen molar-refractivity contribution in [1.29, 1.82) is 0 Å². The molecule has 0 saturated carbocycles. The summed E-state index contributed by atoms with van der Waals surface area (Å²) in [6.45, 7) is 0. The summed E-state index contributed by atoms with van der Waals surface area (Å²) in [6, 6.07) is 0. The van der Waals surface area contributed by atoms with Gasteiger partial charge in [0.05, 0.1) is 0 Å². The fourth-order valence-corrected chi connectivity index (χ4v) is 4.94. The van der Waals surface area contributed by atoms with E-state index >= 15 is 0 Å². The standard InChI is InChI=1S/C4H6Cl2Ge/c5-7(6)3-1-2-4-7/h1-2H,3-4H2. The molecule has 0 N–H and O–H groups in total. The van der Waals surface area contributed by atoms with Crippen LogP contribution in [0.3, 0.4) is 0 Å². The van der Waals surface area contributed by atoms with Crippen LogP contribution in [0, 0.1) is 0 Å². The fourth-order valence-electron chi connectivity index (χ4n) is 0.595. The predicted molar refractivity (Wildman–Crippen MR) is 36.2 cm³/mol. The van der Waals surface area contributed by atoms with Crippen LogP contribution in [0.5, 0.6) is 0 Å². The van der Waals surface area contributed by atoms with Crippen LogP contribution in [-0.2, 0) is 0 Å². The summed E-state index contributed by atoms with van der Waals surface area (Å²) in [6.07, 6.45) is 4.17. The maximum absolute atomic E-state index is 5.86. The van der Waals surface area contributed by atoms with E-state index in [1.807, 2.05) is 0 Å². The summed E-state index contributed by atoms with van der Waals surface area (Å²) >= 11 is -2.14. The zero-order chi connectivity index (χ0) is 5.33. The Morgan fingerprint density at radius 1 is 1.14 bits per heavy atom. The van der Waals surface area contributed by atoms with Gasteiger partial charge in [0, 0.05) is 0 Å². The third kappa shape index (κ3) is 1.67. The summed E-state index contributed by atoms with van der Waals surface area (Å²) in [5, 5.41) is 1.98. The fraction of sp³-hybridized carbons (Fsp3) is 0.500. The van der Waals surface area contributed by atoms with Crippen LogP contribution in [-0.4, -0.2) is 11.4 Å². The van der Waals surface area contributed by atoms with Gasteiger partial charge in [-0.1, -0.05) is 0 Å². The van der Waals surface area contributed by atoms with E-state index in [4.69, 9.17) is 20.0 Å². The predicted octanol–water partition coefficient (Wildman–Crippen LogP) is 2.48. The zero-order valence-electron chi connectivity index (χ0n) is 3.82. The molecule has 0 spiro atoms.